The van der Waals surface area contributed by atoms with E-state index in [1.54, 1.807) is 0 Å². The molecule has 1 saturated carbocycles. The third-order valence-electron chi connectivity index (χ3n) is 3.63. The van der Waals surface area contributed by atoms with E-state index in [2.05, 4.69) is 55.0 Å². The molecule has 1 fully saturated rings. The van der Waals surface area contributed by atoms with Crippen molar-refractivity contribution in [1.82, 2.24) is 10.3 Å². The molecule has 0 amide bonds. The van der Waals surface area contributed by atoms with Gasteiger partial charge in [-0.3, -0.25) is 0 Å². The zero-order valence-corrected chi connectivity index (χ0v) is 13.4. The smallest absolute Gasteiger partial charge is 0.128 e. The molecule has 0 spiro atoms. The van der Waals surface area contributed by atoms with Crippen LogP contribution in [0, 0.1) is 5.92 Å². The molecular formula is C17H29N3. The van der Waals surface area contributed by atoms with E-state index in [9.17, 15) is 0 Å². The second kappa shape index (κ2) is 6.57. The van der Waals surface area contributed by atoms with Gasteiger partial charge in [-0.1, -0.05) is 6.92 Å². The van der Waals surface area contributed by atoms with Gasteiger partial charge in [-0.2, -0.15) is 0 Å². The van der Waals surface area contributed by atoms with Crippen molar-refractivity contribution in [3.63, 3.8) is 0 Å². The summed E-state index contributed by atoms with van der Waals surface area (Å²) in [6, 6.07) is 4.36. The Balaban J connectivity index is 2.01. The standard InChI is InChI=1S/C17H29N3/c1-5-10-20(13-14-6-7-14)16-11-15(8-9-18-16)12-19-17(2,3)4/h8-9,11,14,19H,5-7,10,12-13H2,1-4H3. The summed E-state index contributed by atoms with van der Waals surface area (Å²) in [6.07, 6.45) is 5.92. The Morgan fingerprint density at radius 1 is 1.35 bits per heavy atom. The lowest BCUT2D eigenvalue weighted by Gasteiger charge is -2.24. The minimum atomic E-state index is 0.153. The van der Waals surface area contributed by atoms with Crippen molar-refractivity contribution in [2.24, 2.45) is 5.92 Å². The number of hydrogen-bond acceptors (Lipinski definition) is 3. The lowest BCUT2D eigenvalue weighted by molar-refractivity contribution is 0.424. The number of anilines is 1. The Labute approximate surface area is 123 Å². The maximum Gasteiger partial charge on any atom is 0.128 e. The molecule has 0 aromatic carbocycles. The van der Waals surface area contributed by atoms with Crippen LogP contribution in [0.1, 0.15) is 52.5 Å². The Kier molecular flexibility index (Phi) is 5.03. The van der Waals surface area contributed by atoms with Crippen molar-refractivity contribution in [1.29, 1.82) is 0 Å². The van der Waals surface area contributed by atoms with Crippen LogP contribution in [0.2, 0.25) is 0 Å². The molecule has 0 radical (unpaired) electrons. The van der Waals surface area contributed by atoms with Crippen LogP contribution in [0.4, 0.5) is 5.82 Å². The molecule has 0 atom stereocenters. The van der Waals surface area contributed by atoms with Gasteiger partial charge < -0.3 is 10.2 Å². The molecule has 3 nitrogen and oxygen atoms in total. The van der Waals surface area contributed by atoms with Gasteiger partial charge in [0.1, 0.15) is 5.82 Å². The second-order valence-corrected chi connectivity index (χ2v) is 7.02. The molecule has 0 bridgehead atoms. The molecule has 0 saturated heterocycles. The average Bonchev–Trinajstić information content (AvgIpc) is 3.19. The van der Waals surface area contributed by atoms with E-state index >= 15 is 0 Å². The van der Waals surface area contributed by atoms with Crippen molar-refractivity contribution in [2.75, 3.05) is 18.0 Å². The first-order chi connectivity index (χ1) is 9.48. The third-order valence-corrected chi connectivity index (χ3v) is 3.63. The van der Waals surface area contributed by atoms with Crippen molar-refractivity contribution < 1.29 is 0 Å². The van der Waals surface area contributed by atoms with E-state index in [0.29, 0.717) is 0 Å². The van der Waals surface area contributed by atoms with Gasteiger partial charge in [0, 0.05) is 31.4 Å². The van der Waals surface area contributed by atoms with Crippen molar-refractivity contribution in [2.45, 2.75) is 59.0 Å². The molecule has 2 rings (SSSR count). The number of nitrogens with zero attached hydrogens (tertiary/aromatic N) is 2. The highest BCUT2D eigenvalue weighted by Crippen LogP contribution is 2.31. The summed E-state index contributed by atoms with van der Waals surface area (Å²) in [4.78, 5) is 7.04. The average molecular weight is 275 g/mol. The summed E-state index contributed by atoms with van der Waals surface area (Å²) >= 11 is 0. The van der Waals surface area contributed by atoms with Gasteiger partial charge in [0.05, 0.1) is 0 Å². The fourth-order valence-electron chi connectivity index (χ4n) is 2.29. The van der Waals surface area contributed by atoms with Crippen LogP contribution in [0.25, 0.3) is 0 Å². The monoisotopic (exact) mass is 275 g/mol. The van der Waals surface area contributed by atoms with Crippen molar-refractivity contribution >= 4 is 5.82 Å². The summed E-state index contributed by atoms with van der Waals surface area (Å²) in [6.45, 7) is 12.0. The van der Waals surface area contributed by atoms with Gasteiger partial charge in [-0.05, 0) is 63.6 Å². The van der Waals surface area contributed by atoms with Crippen molar-refractivity contribution in [3.8, 4) is 0 Å². The predicted molar refractivity (Wildman–Crippen MR) is 86.1 cm³/mol. The summed E-state index contributed by atoms with van der Waals surface area (Å²) < 4.78 is 0. The van der Waals surface area contributed by atoms with E-state index in [4.69, 9.17) is 0 Å². The quantitative estimate of drug-likeness (QED) is 0.824. The van der Waals surface area contributed by atoms with Crippen LogP contribution < -0.4 is 10.2 Å². The number of hydrogen-bond donors (Lipinski definition) is 1. The summed E-state index contributed by atoms with van der Waals surface area (Å²) in [5.41, 5.74) is 1.47. The summed E-state index contributed by atoms with van der Waals surface area (Å²) in [5.74, 6) is 2.05. The summed E-state index contributed by atoms with van der Waals surface area (Å²) in [7, 11) is 0. The number of nitrogens with one attached hydrogen (secondary N) is 1. The molecule has 1 N–H and O–H groups in total. The van der Waals surface area contributed by atoms with Gasteiger partial charge in [0.25, 0.3) is 0 Å². The lowest BCUT2D eigenvalue weighted by atomic mass is 10.1. The van der Waals surface area contributed by atoms with E-state index in [1.165, 1.54) is 31.4 Å². The molecular weight excluding hydrogens is 246 g/mol. The lowest BCUT2D eigenvalue weighted by Crippen LogP contribution is -2.35. The van der Waals surface area contributed by atoms with Gasteiger partial charge in [0.15, 0.2) is 0 Å². The molecule has 1 heterocycles. The minimum absolute atomic E-state index is 0.153. The molecule has 1 aliphatic rings. The van der Waals surface area contributed by atoms with E-state index in [1.807, 2.05) is 6.20 Å². The Bertz CT molecular complexity index is 418. The number of aromatic nitrogens is 1. The van der Waals surface area contributed by atoms with Gasteiger partial charge in [0.2, 0.25) is 0 Å². The number of pyridine rings is 1. The predicted octanol–water partition coefficient (Wildman–Crippen LogP) is 3.60. The first-order valence-electron chi connectivity index (χ1n) is 7.93. The number of rotatable bonds is 7. The van der Waals surface area contributed by atoms with Crippen LogP contribution in [0.3, 0.4) is 0 Å². The highest BCUT2D eigenvalue weighted by Gasteiger charge is 2.24. The van der Waals surface area contributed by atoms with E-state index in [-0.39, 0.29) is 5.54 Å². The van der Waals surface area contributed by atoms with Gasteiger partial charge in [-0.25, -0.2) is 4.98 Å². The van der Waals surface area contributed by atoms with Crippen LogP contribution in [-0.4, -0.2) is 23.6 Å². The molecule has 112 valence electrons. The maximum atomic E-state index is 4.58. The summed E-state index contributed by atoms with van der Waals surface area (Å²) in [5, 5.41) is 3.54. The maximum absolute atomic E-state index is 4.58. The topological polar surface area (TPSA) is 28.2 Å². The molecule has 0 unspecified atom stereocenters. The van der Waals surface area contributed by atoms with Crippen LogP contribution >= 0.6 is 0 Å². The second-order valence-electron chi connectivity index (χ2n) is 7.02. The Hall–Kier alpha value is -1.09. The largest absolute Gasteiger partial charge is 0.356 e. The van der Waals surface area contributed by atoms with Gasteiger partial charge >= 0.3 is 0 Å². The molecule has 3 heteroatoms. The highest BCUT2D eigenvalue weighted by molar-refractivity contribution is 5.41. The highest BCUT2D eigenvalue weighted by atomic mass is 15.2. The molecule has 0 aliphatic heterocycles. The van der Waals surface area contributed by atoms with Crippen LogP contribution in [0.5, 0.6) is 0 Å². The van der Waals surface area contributed by atoms with Crippen LogP contribution in [-0.2, 0) is 6.54 Å². The van der Waals surface area contributed by atoms with Crippen LogP contribution in [0.15, 0.2) is 18.3 Å². The van der Waals surface area contributed by atoms with E-state index < -0.39 is 0 Å². The van der Waals surface area contributed by atoms with Crippen molar-refractivity contribution in [3.05, 3.63) is 23.9 Å². The zero-order valence-electron chi connectivity index (χ0n) is 13.4. The first kappa shape index (κ1) is 15.3. The third kappa shape index (κ3) is 5.12. The zero-order chi connectivity index (χ0) is 14.6. The fourth-order valence-corrected chi connectivity index (χ4v) is 2.29. The molecule has 1 aromatic heterocycles. The van der Waals surface area contributed by atoms with Gasteiger partial charge in [-0.15, -0.1) is 0 Å². The molecule has 20 heavy (non-hydrogen) atoms. The molecule has 1 aromatic rings. The normalized spacial score (nSPS) is 15.4. The fraction of sp³-hybridized carbons (Fsp3) is 0.706. The van der Waals surface area contributed by atoms with E-state index in [0.717, 1.165) is 24.8 Å². The SMILES string of the molecule is CCCN(CC1CC1)c1cc(CNC(C)(C)C)ccn1. The minimum Gasteiger partial charge on any atom is -0.356 e. The Morgan fingerprint density at radius 3 is 2.70 bits per heavy atom. The first-order valence-corrected chi connectivity index (χ1v) is 7.93. The molecule has 1 aliphatic carbocycles. The Morgan fingerprint density at radius 2 is 2.10 bits per heavy atom.